The number of nitrogens with one attached hydrogen (secondary N) is 1. The van der Waals surface area contributed by atoms with Crippen molar-refractivity contribution in [3.05, 3.63) is 16.6 Å². The fraction of sp³-hybridized carbons (Fsp3) is 0.556. The Morgan fingerprint density at radius 2 is 2.36 bits per heavy atom. The molecule has 1 aliphatic heterocycles. The third-order valence-electron chi connectivity index (χ3n) is 2.37. The van der Waals surface area contributed by atoms with Crippen LogP contribution in [0.2, 0.25) is 0 Å². The first-order valence-corrected chi connectivity index (χ1v) is 5.58. The highest BCUT2D eigenvalue weighted by molar-refractivity contribution is 7.07. The van der Waals surface area contributed by atoms with E-state index in [0.29, 0.717) is 0 Å². The first-order chi connectivity index (χ1) is 6.92. The van der Waals surface area contributed by atoms with Gasteiger partial charge in [0.1, 0.15) is 6.04 Å². The van der Waals surface area contributed by atoms with Gasteiger partial charge >= 0.3 is 0 Å². The zero-order valence-corrected chi connectivity index (χ0v) is 8.63. The maximum absolute atomic E-state index is 9.10. The van der Waals surface area contributed by atoms with Crippen LogP contribution in [0.5, 0.6) is 0 Å². The molecule has 5 heteroatoms. The van der Waals surface area contributed by atoms with Gasteiger partial charge in [-0.05, 0) is 0 Å². The molecule has 0 radical (unpaired) electrons. The topological polar surface area (TPSA) is 52.0 Å². The van der Waals surface area contributed by atoms with E-state index in [1.165, 1.54) is 0 Å². The molecular weight excluding hydrogens is 196 g/mol. The predicted octanol–water partition coefficient (Wildman–Crippen LogP) is 0.613. The van der Waals surface area contributed by atoms with Crippen molar-refractivity contribution in [1.82, 2.24) is 15.2 Å². The van der Waals surface area contributed by atoms with E-state index in [0.717, 1.165) is 31.9 Å². The number of hydrogen-bond donors (Lipinski definition) is 1. The number of nitrogens with zero attached hydrogens (tertiary/aromatic N) is 3. The first-order valence-electron chi connectivity index (χ1n) is 4.64. The average molecular weight is 208 g/mol. The second kappa shape index (κ2) is 4.51. The van der Waals surface area contributed by atoms with Gasteiger partial charge in [-0.1, -0.05) is 0 Å². The summed E-state index contributed by atoms with van der Waals surface area (Å²) in [5.74, 6) is 0. The van der Waals surface area contributed by atoms with Gasteiger partial charge in [0.2, 0.25) is 0 Å². The minimum atomic E-state index is -0.164. The molecule has 1 aromatic heterocycles. The SMILES string of the molecule is N#CC(c1cscn1)N1CCNCC1. The maximum atomic E-state index is 9.10. The number of hydrogen-bond acceptors (Lipinski definition) is 5. The van der Waals surface area contributed by atoms with Crippen LogP contribution in [0.25, 0.3) is 0 Å². The second-order valence-corrected chi connectivity index (χ2v) is 3.95. The Morgan fingerprint density at radius 3 is 2.93 bits per heavy atom. The van der Waals surface area contributed by atoms with E-state index in [4.69, 9.17) is 5.26 Å². The quantitative estimate of drug-likeness (QED) is 0.774. The van der Waals surface area contributed by atoms with E-state index >= 15 is 0 Å². The van der Waals surface area contributed by atoms with Gasteiger partial charge in [0.15, 0.2) is 0 Å². The van der Waals surface area contributed by atoms with E-state index < -0.39 is 0 Å². The molecule has 0 aliphatic carbocycles. The molecule has 1 saturated heterocycles. The van der Waals surface area contributed by atoms with Crippen LogP contribution in [-0.2, 0) is 0 Å². The van der Waals surface area contributed by atoms with E-state index in [2.05, 4.69) is 21.3 Å². The van der Waals surface area contributed by atoms with Crippen LogP contribution in [0.1, 0.15) is 11.7 Å². The molecule has 4 nitrogen and oxygen atoms in total. The second-order valence-electron chi connectivity index (χ2n) is 3.23. The third kappa shape index (κ3) is 1.93. The summed E-state index contributed by atoms with van der Waals surface area (Å²) in [6, 6.07) is 2.15. The minimum Gasteiger partial charge on any atom is -0.314 e. The molecule has 1 aromatic rings. The standard InChI is InChI=1S/C9H12N4S/c10-5-9(8-6-14-7-12-8)13-3-1-11-2-4-13/h6-7,9,11H,1-4H2. The fourth-order valence-corrected chi connectivity index (χ4v) is 2.20. The van der Waals surface area contributed by atoms with Gasteiger partial charge in [-0.15, -0.1) is 11.3 Å². The monoisotopic (exact) mass is 208 g/mol. The van der Waals surface area contributed by atoms with E-state index in [1.807, 2.05) is 5.38 Å². The van der Waals surface area contributed by atoms with Crippen molar-refractivity contribution >= 4 is 11.3 Å². The lowest BCUT2D eigenvalue weighted by Gasteiger charge is -2.30. The third-order valence-corrected chi connectivity index (χ3v) is 2.98. The van der Waals surface area contributed by atoms with Crippen molar-refractivity contribution in [2.75, 3.05) is 26.2 Å². The molecule has 74 valence electrons. The molecule has 14 heavy (non-hydrogen) atoms. The lowest BCUT2D eigenvalue weighted by atomic mass is 10.2. The molecule has 1 N–H and O–H groups in total. The Kier molecular flexibility index (Phi) is 3.09. The predicted molar refractivity (Wildman–Crippen MR) is 54.9 cm³/mol. The highest BCUT2D eigenvalue weighted by Gasteiger charge is 2.22. The van der Waals surface area contributed by atoms with E-state index in [9.17, 15) is 0 Å². The van der Waals surface area contributed by atoms with Crippen molar-refractivity contribution < 1.29 is 0 Å². The molecule has 0 bridgehead atoms. The molecule has 1 unspecified atom stereocenters. The molecule has 0 saturated carbocycles. The molecule has 1 atom stereocenters. The maximum Gasteiger partial charge on any atom is 0.141 e. The Balaban J connectivity index is 2.09. The van der Waals surface area contributed by atoms with Crippen molar-refractivity contribution in [2.45, 2.75) is 6.04 Å². The van der Waals surface area contributed by atoms with Crippen LogP contribution in [0.3, 0.4) is 0 Å². The highest BCUT2D eigenvalue weighted by atomic mass is 32.1. The molecule has 2 heterocycles. The summed E-state index contributed by atoms with van der Waals surface area (Å²) >= 11 is 1.54. The van der Waals surface area contributed by atoms with Gasteiger partial charge < -0.3 is 5.32 Å². The van der Waals surface area contributed by atoms with Crippen molar-refractivity contribution in [2.24, 2.45) is 0 Å². The van der Waals surface area contributed by atoms with Gasteiger partial charge in [-0.3, -0.25) is 4.90 Å². The summed E-state index contributed by atoms with van der Waals surface area (Å²) in [6.45, 7) is 3.77. The lowest BCUT2D eigenvalue weighted by Crippen LogP contribution is -2.44. The molecule has 1 fully saturated rings. The van der Waals surface area contributed by atoms with Gasteiger partial charge in [-0.2, -0.15) is 5.26 Å². The van der Waals surface area contributed by atoms with Crippen LogP contribution in [-0.4, -0.2) is 36.1 Å². The normalized spacial score (nSPS) is 20.2. The molecule has 1 aliphatic rings. The molecule has 0 spiro atoms. The van der Waals surface area contributed by atoms with Crippen LogP contribution in [0, 0.1) is 11.3 Å². The van der Waals surface area contributed by atoms with Crippen molar-refractivity contribution in [3.63, 3.8) is 0 Å². The van der Waals surface area contributed by atoms with Gasteiger partial charge in [0, 0.05) is 31.6 Å². The van der Waals surface area contributed by atoms with Crippen LogP contribution in [0.4, 0.5) is 0 Å². The number of piperazine rings is 1. The number of nitriles is 1. The van der Waals surface area contributed by atoms with Crippen LogP contribution < -0.4 is 5.32 Å². The van der Waals surface area contributed by atoms with E-state index in [-0.39, 0.29) is 6.04 Å². The molecule has 0 aromatic carbocycles. The number of rotatable bonds is 2. The Morgan fingerprint density at radius 1 is 1.57 bits per heavy atom. The van der Waals surface area contributed by atoms with Crippen molar-refractivity contribution in [1.29, 1.82) is 5.26 Å². The Hall–Kier alpha value is -0.960. The summed E-state index contributed by atoms with van der Waals surface area (Å²) in [6.07, 6.45) is 0. The minimum absolute atomic E-state index is 0.164. The average Bonchev–Trinajstić information content (AvgIpc) is 2.74. The van der Waals surface area contributed by atoms with Crippen molar-refractivity contribution in [3.8, 4) is 6.07 Å². The lowest BCUT2D eigenvalue weighted by molar-refractivity contribution is 0.205. The van der Waals surface area contributed by atoms with Gasteiger partial charge in [-0.25, -0.2) is 4.98 Å². The highest BCUT2D eigenvalue weighted by Crippen LogP contribution is 2.19. The number of thiazole rings is 1. The van der Waals surface area contributed by atoms with E-state index in [1.54, 1.807) is 16.8 Å². The summed E-state index contributed by atoms with van der Waals surface area (Å²) in [4.78, 5) is 6.37. The smallest absolute Gasteiger partial charge is 0.141 e. The molecular formula is C9H12N4S. The molecule has 2 rings (SSSR count). The van der Waals surface area contributed by atoms with Crippen LogP contribution >= 0.6 is 11.3 Å². The zero-order valence-electron chi connectivity index (χ0n) is 7.81. The van der Waals surface area contributed by atoms with Gasteiger partial charge in [0.25, 0.3) is 0 Å². The summed E-state index contributed by atoms with van der Waals surface area (Å²) in [7, 11) is 0. The number of aromatic nitrogens is 1. The fourth-order valence-electron chi connectivity index (χ4n) is 1.63. The Labute approximate surface area is 87.2 Å². The summed E-state index contributed by atoms with van der Waals surface area (Å²) in [5, 5.41) is 14.3. The largest absolute Gasteiger partial charge is 0.314 e. The first kappa shape index (κ1) is 9.59. The molecule has 0 amide bonds. The van der Waals surface area contributed by atoms with Crippen LogP contribution in [0.15, 0.2) is 10.9 Å². The summed E-state index contributed by atoms with van der Waals surface area (Å²) < 4.78 is 0. The Bertz CT molecular complexity index is 310. The zero-order chi connectivity index (χ0) is 9.80. The van der Waals surface area contributed by atoms with Gasteiger partial charge in [0.05, 0.1) is 17.3 Å². The summed E-state index contributed by atoms with van der Waals surface area (Å²) in [5.41, 5.74) is 2.67.